The van der Waals surface area contributed by atoms with Gasteiger partial charge in [-0.25, -0.2) is 4.98 Å². The monoisotopic (exact) mass is 271 g/mol. The predicted molar refractivity (Wildman–Crippen MR) is 80.7 cm³/mol. The van der Waals surface area contributed by atoms with Crippen LogP contribution in [0.1, 0.15) is 40.6 Å². The molecule has 106 valence electrons. The molecule has 0 fully saturated rings. The molecule has 0 saturated heterocycles. The van der Waals surface area contributed by atoms with Crippen molar-refractivity contribution >= 4 is 5.71 Å². The van der Waals surface area contributed by atoms with E-state index in [1.54, 1.807) is 0 Å². The predicted octanol–water partition coefficient (Wildman–Crippen LogP) is 3.36. The summed E-state index contributed by atoms with van der Waals surface area (Å²) in [7, 11) is 0. The summed E-state index contributed by atoms with van der Waals surface area (Å²) in [6.07, 6.45) is 3.80. The van der Waals surface area contributed by atoms with E-state index in [9.17, 15) is 0 Å². The standard InChI is InChI=1S/C16H21N3O/c1-10-8-11(2)16(13(4)18-20)12(3)15(10)9-19-7-6-17-14(19)5/h6-8,20H,9H2,1-5H3. The third-order valence-electron chi connectivity index (χ3n) is 3.89. The Morgan fingerprint density at radius 3 is 2.50 bits per heavy atom. The van der Waals surface area contributed by atoms with E-state index in [0.29, 0.717) is 5.71 Å². The zero-order chi connectivity index (χ0) is 14.9. The lowest BCUT2D eigenvalue weighted by Crippen LogP contribution is -2.10. The third-order valence-corrected chi connectivity index (χ3v) is 3.89. The summed E-state index contributed by atoms with van der Waals surface area (Å²) in [6, 6.07) is 2.15. The molecule has 0 saturated carbocycles. The minimum atomic E-state index is 0.656. The third kappa shape index (κ3) is 2.46. The smallest absolute Gasteiger partial charge is 0.105 e. The van der Waals surface area contributed by atoms with Crippen LogP contribution in [0, 0.1) is 27.7 Å². The number of nitrogens with zero attached hydrogens (tertiary/aromatic N) is 3. The van der Waals surface area contributed by atoms with Crippen LogP contribution in [0.4, 0.5) is 0 Å². The molecule has 0 unspecified atom stereocenters. The van der Waals surface area contributed by atoms with E-state index >= 15 is 0 Å². The first-order chi connectivity index (χ1) is 9.45. The van der Waals surface area contributed by atoms with Gasteiger partial charge in [0.15, 0.2) is 0 Å². The minimum absolute atomic E-state index is 0.656. The molecule has 0 amide bonds. The van der Waals surface area contributed by atoms with Gasteiger partial charge < -0.3 is 9.77 Å². The largest absolute Gasteiger partial charge is 0.411 e. The highest BCUT2D eigenvalue weighted by atomic mass is 16.4. The summed E-state index contributed by atoms with van der Waals surface area (Å²) in [6.45, 7) is 10.9. The molecule has 1 aromatic heterocycles. The van der Waals surface area contributed by atoms with Gasteiger partial charge in [0, 0.05) is 24.5 Å². The van der Waals surface area contributed by atoms with Crippen molar-refractivity contribution in [2.24, 2.45) is 5.16 Å². The minimum Gasteiger partial charge on any atom is -0.411 e. The van der Waals surface area contributed by atoms with Crippen molar-refractivity contribution in [1.82, 2.24) is 9.55 Å². The Morgan fingerprint density at radius 1 is 1.25 bits per heavy atom. The number of benzene rings is 1. The van der Waals surface area contributed by atoms with Crippen LogP contribution in [-0.2, 0) is 6.54 Å². The Morgan fingerprint density at radius 2 is 1.95 bits per heavy atom. The first-order valence-electron chi connectivity index (χ1n) is 6.72. The van der Waals surface area contributed by atoms with Gasteiger partial charge in [0.05, 0.1) is 5.71 Å². The molecule has 4 heteroatoms. The quantitative estimate of drug-likeness (QED) is 0.528. The van der Waals surface area contributed by atoms with Gasteiger partial charge in [0.25, 0.3) is 0 Å². The van der Waals surface area contributed by atoms with Crippen molar-refractivity contribution in [3.8, 4) is 0 Å². The molecule has 4 nitrogen and oxygen atoms in total. The summed E-state index contributed by atoms with van der Waals surface area (Å²) in [5.74, 6) is 0.999. The van der Waals surface area contributed by atoms with Crippen LogP contribution in [0.5, 0.6) is 0 Å². The van der Waals surface area contributed by atoms with E-state index < -0.39 is 0 Å². The Balaban J connectivity index is 2.56. The Hall–Kier alpha value is -2.10. The molecule has 2 aromatic rings. The zero-order valence-electron chi connectivity index (χ0n) is 12.7. The summed E-state index contributed by atoms with van der Waals surface area (Å²) < 4.78 is 2.12. The number of rotatable bonds is 3. The van der Waals surface area contributed by atoms with E-state index in [4.69, 9.17) is 5.21 Å². The van der Waals surface area contributed by atoms with Crippen molar-refractivity contribution in [2.45, 2.75) is 41.2 Å². The molecule has 0 spiro atoms. The zero-order valence-corrected chi connectivity index (χ0v) is 12.7. The summed E-state index contributed by atoms with van der Waals surface area (Å²) in [5.41, 5.74) is 6.51. The lowest BCUT2D eigenvalue weighted by atomic mass is 9.91. The van der Waals surface area contributed by atoms with Gasteiger partial charge in [-0.1, -0.05) is 11.2 Å². The second-order valence-corrected chi connectivity index (χ2v) is 5.28. The van der Waals surface area contributed by atoms with Gasteiger partial charge in [-0.05, 0) is 56.9 Å². The van der Waals surface area contributed by atoms with Gasteiger partial charge in [-0.15, -0.1) is 0 Å². The SMILES string of the molecule is CC(=NO)c1c(C)cc(C)c(Cn2ccnc2C)c1C. The highest BCUT2D eigenvalue weighted by Crippen LogP contribution is 2.24. The van der Waals surface area contributed by atoms with Crippen molar-refractivity contribution < 1.29 is 5.21 Å². The van der Waals surface area contributed by atoms with Crippen molar-refractivity contribution in [3.05, 3.63) is 52.1 Å². The normalized spacial score (nSPS) is 11.9. The van der Waals surface area contributed by atoms with Crippen LogP contribution >= 0.6 is 0 Å². The van der Waals surface area contributed by atoms with Crippen LogP contribution in [0.25, 0.3) is 0 Å². The van der Waals surface area contributed by atoms with E-state index in [1.807, 2.05) is 26.2 Å². The van der Waals surface area contributed by atoms with Gasteiger partial charge in [0.1, 0.15) is 5.82 Å². The maximum absolute atomic E-state index is 9.07. The second kappa shape index (κ2) is 5.49. The van der Waals surface area contributed by atoms with Gasteiger partial charge in [0.2, 0.25) is 0 Å². The average Bonchev–Trinajstić information content (AvgIpc) is 2.79. The Labute approximate surface area is 119 Å². The molecule has 0 atom stereocenters. The molecule has 1 N–H and O–H groups in total. The number of imidazole rings is 1. The Kier molecular flexibility index (Phi) is 3.93. The second-order valence-electron chi connectivity index (χ2n) is 5.28. The molecule has 0 aliphatic heterocycles. The first kappa shape index (κ1) is 14.3. The molecule has 0 aliphatic rings. The molecule has 1 aromatic carbocycles. The fraction of sp³-hybridized carbons (Fsp3) is 0.375. The molecular formula is C16H21N3O. The van der Waals surface area contributed by atoms with Crippen LogP contribution in [0.15, 0.2) is 23.6 Å². The van der Waals surface area contributed by atoms with Crippen molar-refractivity contribution in [3.63, 3.8) is 0 Å². The maximum atomic E-state index is 9.07. The molecule has 0 radical (unpaired) electrons. The van der Waals surface area contributed by atoms with Crippen LogP contribution in [-0.4, -0.2) is 20.5 Å². The van der Waals surface area contributed by atoms with Crippen LogP contribution < -0.4 is 0 Å². The summed E-state index contributed by atoms with van der Waals surface area (Å²) in [5, 5.41) is 12.4. The Bertz CT molecular complexity index is 669. The highest BCUT2D eigenvalue weighted by Gasteiger charge is 2.14. The van der Waals surface area contributed by atoms with Crippen LogP contribution in [0.3, 0.4) is 0 Å². The molecule has 2 rings (SSSR count). The fourth-order valence-electron chi connectivity index (χ4n) is 2.82. The fourth-order valence-corrected chi connectivity index (χ4v) is 2.82. The van der Waals surface area contributed by atoms with Crippen molar-refractivity contribution in [2.75, 3.05) is 0 Å². The number of aryl methyl sites for hydroxylation is 3. The van der Waals surface area contributed by atoms with E-state index in [-0.39, 0.29) is 0 Å². The molecule has 20 heavy (non-hydrogen) atoms. The van der Waals surface area contributed by atoms with Gasteiger partial charge in [-0.3, -0.25) is 0 Å². The number of aromatic nitrogens is 2. The number of hydrogen-bond acceptors (Lipinski definition) is 3. The van der Waals surface area contributed by atoms with E-state index in [0.717, 1.165) is 23.5 Å². The number of hydrogen-bond donors (Lipinski definition) is 1. The molecule has 0 bridgehead atoms. The maximum Gasteiger partial charge on any atom is 0.105 e. The first-order valence-corrected chi connectivity index (χ1v) is 6.72. The van der Waals surface area contributed by atoms with Crippen LogP contribution in [0.2, 0.25) is 0 Å². The lowest BCUT2D eigenvalue weighted by Gasteiger charge is -2.18. The molecule has 0 aliphatic carbocycles. The van der Waals surface area contributed by atoms with Crippen molar-refractivity contribution in [1.29, 1.82) is 0 Å². The number of oxime groups is 1. The summed E-state index contributed by atoms with van der Waals surface area (Å²) >= 11 is 0. The molecular weight excluding hydrogens is 250 g/mol. The topological polar surface area (TPSA) is 50.4 Å². The highest BCUT2D eigenvalue weighted by molar-refractivity contribution is 6.01. The van der Waals surface area contributed by atoms with Gasteiger partial charge >= 0.3 is 0 Å². The average molecular weight is 271 g/mol. The lowest BCUT2D eigenvalue weighted by molar-refractivity contribution is 0.319. The molecule has 1 heterocycles. The van der Waals surface area contributed by atoms with E-state index in [2.05, 4.69) is 41.5 Å². The van der Waals surface area contributed by atoms with E-state index in [1.165, 1.54) is 16.7 Å². The van der Waals surface area contributed by atoms with Gasteiger partial charge in [-0.2, -0.15) is 0 Å². The summed E-state index contributed by atoms with van der Waals surface area (Å²) in [4.78, 5) is 4.26.